The number of carbonyl (C=O) groups excluding carboxylic acids is 2. The maximum absolute atomic E-state index is 15.4. The highest BCUT2D eigenvalue weighted by molar-refractivity contribution is 6.37. The van der Waals surface area contributed by atoms with Crippen LogP contribution in [0.3, 0.4) is 0 Å². The van der Waals surface area contributed by atoms with Crippen molar-refractivity contribution in [3.8, 4) is 23.0 Å². The van der Waals surface area contributed by atoms with Gasteiger partial charge in [0.15, 0.2) is 5.82 Å². The van der Waals surface area contributed by atoms with Crippen LogP contribution >= 0.6 is 11.6 Å². The number of aryl methyl sites for hydroxylation is 1. The van der Waals surface area contributed by atoms with Crippen LogP contribution in [0.25, 0.3) is 22.0 Å². The molecular formula is C39H34ClF6N7O3. The van der Waals surface area contributed by atoms with Gasteiger partial charge in [-0.05, 0) is 74.4 Å². The number of pyridine rings is 1. The van der Waals surface area contributed by atoms with Crippen LogP contribution in [0.15, 0.2) is 42.5 Å². The maximum Gasteiger partial charge on any atom is 0.293 e. The van der Waals surface area contributed by atoms with Gasteiger partial charge in [0.25, 0.3) is 12.3 Å². The molecule has 3 heterocycles. The molecule has 5 aromatic rings. The second-order valence-electron chi connectivity index (χ2n) is 14.4. The molecule has 2 aromatic carbocycles. The first kappa shape index (κ1) is 38.9. The van der Waals surface area contributed by atoms with E-state index in [-0.39, 0.29) is 58.5 Å². The van der Waals surface area contributed by atoms with Gasteiger partial charge in [-0.1, -0.05) is 30.5 Å². The lowest BCUT2D eigenvalue weighted by molar-refractivity contribution is -0.123. The Balaban J connectivity index is 1.38. The number of rotatable bonds is 10. The van der Waals surface area contributed by atoms with Gasteiger partial charge in [0, 0.05) is 42.1 Å². The Hall–Kier alpha value is -5.40. The molecule has 0 saturated heterocycles. The number of fused-ring (bicyclic) bond motifs is 4. The summed E-state index contributed by atoms with van der Waals surface area (Å²) in [5.41, 5.74) is -1.73. The number of hydrogen-bond donors (Lipinski definition) is 3. The van der Waals surface area contributed by atoms with Crippen LogP contribution in [0, 0.1) is 29.4 Å². The van der Waals surface area contributed by atoms with Crippen LogP contribution in [0.2, 0.25) is 5.02 Å². The van der Waals surface area contributed by atoms with Crippen LogP contribution in [0.1, 0.15) is 85.9 Å². The van der Waals surface area contributed by atoms with E-state index in [1.54, 1.807) is 38.2 Å². The van der Waals surface area contributed by atoms with Crippen molar-refractivity contribution in [3.05, 3.63) is 93.0 Å². The average molecular weight is 798 g/mol. The molecule has 0 radical (unpaired) electrons. The summed E-state index contributed by atoms with van der Waals surface area (Å²) < 4.78 is 90.0. The van der Waals surface area contributed by atoms with Gasteiger partial charge in [-0.3, -0.25) is 19.0 Å². The highest BCUT2D eigenvalue weighted by atomic mass is 35.5. The zero-order valence-corrected chi connectivity index (χ0v) is 31.1. The van der Waals surface area contributed by atoms with Gasteiger partial charge in [0.2, 0.25) is 11.8 Å². The van der Waals surface area contributed by atoms with E-state index in [0.29, 0.717) is 32.8 Å². The van der Waals surface area contributed by atoms with Gasteiger partial charge >= 0.3 is 0 Å². The molecule has 292 valence electrons. The van der Waals surface area contributed by atoms with E-state index in [4.69, 9.17) is 16.6 Å². The number of benzene rings is 2. The van der Waals surface area contributed by atoms with Crippen molar-refractivity contribution in [1.29, 1.82) is 0 Å². The molecule has 2 aliphatic rings. The predicted octanol–water partition coefficient (Wildman–Crippen LogP) is 7.48. The Morgan fingerprint density at radius 1 is 1.05 bits per heavy atom. The summed E-state index contributed by atoms with van der Waals surface area (Å²) >= 11 is 6.65. The lowest BCUT2D eigenvalue weighted by atomic mass is 9.93. The number of hydrogen-bond acceptors (Lipinski definition) is 6. The minimum absolute atomic E-state index is 0.0338. The van der Waals surface area contributed by atoms with E-state index in [1.807, 2.05) is 0 Å². The van der Waals surface area contributed by atoms with Crippen molar-refractivity contribution in [1.82, 2.24) is 29.9 Å². The molecule has 2 aliphatic carbocycles. The molecule has 0 bridgehead atoms. The molecule has 56 heavy (non-hydrogen) atoms. The standard InChI is InChI=1S/C39H34ClF6N7O3/c1-5-28(54)49-37-31-26(40)9-8-23(34(31)52(4)51-37)22-7-6-21(10-11-38(2,3)56)47-32(22)27(14-18-12-19(41)15-20(42)13-18)48-29(55)17-53-35-30(33(50-53)36(43)44)24-16-25(24)39(35,45)46/h6-9,12-13,15,24-25,27,36,56H,5,14,16-17H2,1-4H3,(H,48,55)(H,49,51,54)/t24-,25+,27?/m0/s1. The van der Waals surface area contributed by atoms with Crippen LogP contribution in [0.5, 0.6) is 0 Å². The number of nitrogens with one attached hydrogen (secondary N) is 2. The Morgan fingerprint density at radius 2 is 1.75 bits per heavy atom. The third kappa shape index (κ3) is 7.33. The summed E-state index contributed by atoms with van der Waals surface area (Å²) in [5.74, 6) is -2.89. The second-order valence-corrected chi connectivity index (χ2v) is 14.8. The van der Waals surface area contributed by atoms with Crippen molar-refractivity contribution < 1.29 is 41.0 Å². The molecule has 17 heteroatoms. The number of halogens is 7. The summed E-state index contributed by atoms with van der Waals surface area (Å²) in [6.45, 7) is 3.69. The summed E-state index contributed by atoms with van der Waals surface area (Å²) in [5, 5.41) is 24.6. The molecule has 3 atom stereocenters. The molecule has 1 fully saturated rings. The van der Waals surface area contributed by atoms with Crippen LogP contribution < -0.4 is 10.6 Å². The second kappa shape index (κ2) is 14.3. The Labute approximate surface area is 321 Å². The fourth-order valence-electron chi connectivity index (χ4n) is 7.29. The van der Waals surface area contributed by atoms with Crippen LogP contribution in [0.4, 0.5) is 32.2 Å². The van der Waals surface area contributed by atoms with Crippen molar-refractivity contribution in [2.24, 2.45) is 13.0 Å². The van der Waals surface area contributed by atoms with E-state index in [2.05, 4.69) is 32.7 Å². The Morgan fingerprint density at radius 3 is 2.41 bits per heavy atom. The number of anilines is 1. The number of alkyl halides is 4. The normalized spacial score (nSPS) is 17.3. The lowest BCUT2D eigenvalue weighted by Gasteiger charge is -2.23. The van der Waals surface area contributed by atoms with Gasteiger partial charge in [0.05, 0.1) is 27.7 Å². The molecule has 10 nitrogen and oxygen atoms in total. The fraction of sp³-hybridized carbons (Fsp3) is 0.359. The monoisotopic (exact) mass is 797 g/mol. The summed E-state index contributed by atoms with van der Waals surface area (Å²) in [7, 11) is 1.62. The Kier molecular flexibility index (Phi) is 9.90. The smallest absolute Gasteiger partial charge is 0.293 e. The lowest BCUT2D eigenvalue weighted by Crippen LogP contribution is -2.35. The summed E-state index contributed by atoms with van der Waals surface area (Å²) in [6, 6.07) is 7.86. The van der Waals surface area contributed by atoms with Crippen LogP contribution in [-0.2, 0) is 35.5 Å². The minimum Gasteiger partial charge on any atom is -0.378 e. The molecule has 3 aromatic heterocycles. The molecule has 1 saturated carbocycles. The van der Waals surface area contributed by atoms with E-state index in [9.17, 15) is 32.3 Å². The number of aliphatic hydroxyl groups is 1. The van der Waals surface area contributed by atoms with Gasteiger partial charge in [-0.25, -0.2) is 22.5 Å². The van der Waals surface area contributed by atoms with Crippen LogP contribution in [-0.4, -0.2) is 47.1 Å². The first-order chi connectivity index (χ1) is 26.4. The van der Waals surface area contributed by atoms with E-state index < -0.39 is 71.3 Å². The first-order valence-corrected chi connectivity index (χ1v) is 18.0. The largest absolute Gasteiger partial charge is 0.378 e. The molecule has 2 amide bonds. The van der Waals surface area contributed by atoms with E-state index in [0.717, 1.165) is 12.1 Å². The maximum atomic E-state index is 15.4. The zero-order chi connectivity index (χ0) is 40.4. The molecule has 0 spiro atoms. The number of carbonyl (C=O) groups is 2. The topological polar surface area (TPSA) is 127 Å². The van der Waals surface area contributed by atoms with E-state index in [1.165, 1.54) is 18.5 Å². The number of amides is 2. The zero-order valence-electron chi connectivity index (χ0n) is 30.3. The number of aromatic nitrogens is 5. The predicted molar refractivity (Wildman–Crippen MR) is 194 cm³/mol. The fourth-order valence-corrected chi connectivity index (χ4v) is 7.53. The third-order valence-corrected chi connectivity index (χ3v) is 10.0. The van der Waals surface area contributed by atoms with Gasteiger partial charge in [0.1, 0.15) is 40.9 Å². The molecule has 1 unspecified atom stereocenters. The SMILES string of the molecule is CCC(=O)Nc1nn(C)c2c(-c3ccc(C#CC(C)(C)O)nc3C(Cc3cc(F)cc(F)c3)NC(=O)Cn3nc(C(F)F)c4c3C(F)(F)[C@@H]3C[C@H]43)ccc(Cl)c12. The molecule has 0 aliphatic heterocycles. The van der Waals surface area contributed by atoms with Crippen molar-refractivity contribution in [2.75, 3.05) is 5.32 Å². The third-order valence-electron chi connectivity index (χ3n) is 9.72. The number of nitrogens with zero attached hydrogens (tertiary/aromatic N) is 5. The molecule has 3 N–H and O–H groups in total. The average Bonchev–Trinajstić information content (AvgIpc) is 3.65. The quantitative estimate of drug-likeness (QED) is 0.0994. The summed E-state index contributed by atoms with van der Waals surface area (Å²) in [4.78, 5) is 31.1. The van der Waals surface area contributed by atoms with Crippen molar-refractivity contribution in [2.45, 2.75) is 76.5 Å². The first-order valence-electron chi connectivity index (χ1n) is 17.6. The highest BCUT2D eigenvalue weighted by Gasteiger charge is 2.67. The molecule has 7 rings (SSSR count). The minimum atomic E-state index is -3.49. The van der Waals surface area contributed by atoms with Gasteiger partial charge < -0.3 is 15.7 Å². The van der Waals surface area contributed by atoms with Gasteiger partial charge in [-0.2, -0.15) is 19.0 Å². The Bertz CT molecular complexity index is 2460. The summed E-state index contributed by atoms with van der Waals surface area (Å²) in [6.07, 6.45) is -3.27. The van der Waals surface area contributed by atoms with E-state index >= 15 is 8.78 Å². The molecular weight excluding hydrogens is 764 g/mol. The van der Waals surface area contributed by atoms with Crippen molar-refractivity contribution in [3.63, 3.8) is 0 Å². The van der Waals surface area contributed by atoms with Crippen molar-refractivity contribution >= 4 is 40.1 Å². The highest BCUT2D eigenvalue weighted by Crippen LogP contribution is 2.68. The van der Waals surface area contributed by atoms with Gasteiger partial charge in [-0.15, -0.1) is 0 Å².